The lowest BCUT2D eigenvalue weighted by Gasteiger charge is -2.63. The second kappa shape index (κ2) is 38.6. The van der Waals surface area contributed by atoms with Gasteiger partial charge in [-0.1, -0.05) is 72.7 Å². The Balaban J connectivity index is 0.976. The van der Waals surface area contributed by atoms with Gasteiger partial charge in [-0.15, -0.1) is 0 Å². The summed E-state index contributed by atoms with van der Waals surface area (Å²) in [5, 5.41) is 179. The molecule has 1 saturated heterocycles. The predicted octanol–water partition coefficient (Wildman–Crippen LogP) is -6.70. The fourth-order valence-electron chi connectivity index (χ4n) is 17.4. The van der Waals surface area contributed by atoms with Crippen LogP contribution in [0.5, 0.6) is 5.75 Å². The molecule has 22 atom stereocenters. The summed E-state index contributed by atoms with van der Waals surface area (Å²) >= 11 is 0. The van der Waals surface area contributed by atoms with Crippen molar-refractivity contribution in [2.24, 2.45) is 17.1 Å². The molecule has 636 valence electrons. The number of fused-ring (bicyclic) bond motifs is 4. The highest BCUT2D eigenvalue weighted by Gasteiger charge is 2.79. The molecule has 114 heavy (non-hydrogen) atoms. The fourth-order valence-corrected chi connectivity index (χ4v) is 19.4. The number of esters is 1. The summed E-state index contributed by atoms with van der Waals surface area (Å²) in [6.45, 7) is 3.70. The van der Waals surface area contributed by atoms with E-state index in [0.717, 1.165) is 38.1 Å². The van der Waals surface area contributed by atoms with Gasteiger partial charge in [0.05, 0.1) is 58.2 Å². The lowest BCUT2D eigenvalue weighted by Crippen LogP contribution is -2.82. The zero-order valence-corrected chi connectivity index (χ0v) is 65.8. The number of hydrogen-bond acceptors (Lipinski definition) is 32. The molecule has 0 bridgehead atoms. The SMILES string of the molecule is CC[C@@]1(O)C[C@@H](C)C[C@@](Cc2cc3c(cc2OC)N(C)[C@H]2[C@@](O)(C(=O)NNC(=O)OCCSSC[C@H](NC(=O)C(NC(=O)[C@H](C[C@H](O)[C@H](O)CO)NC(=O)[C@H](CC(=O)O)NC(=O)C(N)[C@@H](O)[C@H](O)[C@H](O)CO)C(O)[C@H](O)[C@H](O)CO)C(=O)O)[C@H](O)[C@]4(CC)C=CCN5CC[C@]32[C@@H]54)(C(=O)OC)c2[nH]c3ccccc3c2CCN(C)C1. The van der Waals surface area contributed by atoms with E-state index in [4.69, 9.17) is 25.1 Å². The Kier molecular flexibility index (Phi) is 31.1. The quantitative estimate of drug-likeness (QED) is 0.00846. The number of aromatic nitrogens is 1. The topological polar surface area (TPSA) is 629 Å². The van der Waals surface area contributed by atoms with Crippen LogP contribution in [0.25, 0.3) is 10.9 Å². The number of anilines is 1. The summed E-state index contributed by atoms with van der Waals surface area (Å²) in [4.78, 5) is 133. The van der Waals surface area contributed by atoms with Crippen molar-refractivity contribution >= 4 is 91.7 Å². The molecule has 1 spiro atoms. The van der Waals surface area contributed by atoms with E-state index in [-0.39, 0.29) is 30.9 Å². The molecule has 1 saturated carbocycles. The number of aliphatic hydroxyl groups is 14. The molecule has 3 unspecified atom stereocenters. The number of methoxy groups -OCH3 is 2. The maximum atomic E-state index is 15.3. The van der Waals surface area contributed by atoms with Crippen LogP contribution in [0.4, 0.5) is 10.5 Å². The second-order valence-electron chi connectivity index (χ2n) is 30.3. The number of nitrogens with zero attached hydrogens (tertiary/aromatic N) is 3. The van der Waals surface area contributed by atoms with Gasteiger partial charge >= 0.3 is 24.0 Å². The molecular formula is C73H109N11O28S2. The molecule has 39 nitrogen and oxygen atoms in total. The first-order valence-electron chi connectivity index (χ1n) is 37.3. The van der Waals surface area contributed by atoms with E-state index in [0.29, 0.717) is 80.1 Å². The highest BCUT2D eigenvalue weighted by atomic mass is 33.1. The van der Waals surface area contributed by atoms with E-state index in [9.17, 15) is 110 Å². The first-order valence-corrected chi connectivity index (χ1v) is 39.8. The average molecular weight is 1650 g/mol. The van der Waals surface area contributed by atoms with E-state index in [1.54, 1.807) is 11.9 Å². The predicted molar refractivity (Wildman–Crippen MR) is 407 cm³/mol. The number of aliphatic hydroxyl groups excluding tert-OH is 12. The largest absolute Gasteiger partial charge is 0.496 e. The molecule has 0 radical (unpaired) electrons. The van der Waals surface area contributed by atoms with Gasteiger partial charge in [0, 0.05) is 89.8 Å². The first-order chi connectivity index (χ1) is 53.8. The number of nitrogens with one attached hydrogen (secondary N) is 7. The Hall–Kier alpha value is -7.63. The van der Waals surface area contributed by atoms with Crippen molar-refractivity contribution in [1.29, 1.82) is 0 Å². The van der Waals surface area contributed by atoms with Gasteiger partial charge in [-0.3, -0.25) is 43.9 Å². The Bertz CT molecular complexity index is 3960. The number of hydrazine groups is 1. The van der Waals surface area contributed by atoms with Gasteiger partial charge in [0.2, 0.25) is 23.6 Å². The summed E-state index contributed by atoms with van der Waals surface area (Å²) in [5.74, 6) is -12.4. The van der Waals surface area contributed by atoms with Gasteiger partial charge in [-0.2, -0.15) is 0 Å². The number of amides is 6. The van der Waals surface area contributed by atoms with Crippen molar-refractivity contribution in [2.75, 3.05) is 97.3 Å². The Morgan fingerprint density at radius 2 is 1.38 bits per heavy atom. The van der Waals surface area contributed by atoms with Crippen molar-refractivity contribution in [2.45, 2.75) is 198 Å². The number of carbonyl (C=O) groups excluding carboxylic acids is 7. The standard InChI is InChI=1S/C73H109N11O28S2/c1-8-69(108)27-35(3)28-71(67(106)111-7,57-38(15-19-82(4)34-69)37-13-10-11-14-40(37)75-57)29-36-23-39-44(26-49(36)110-6)83(5)64-72(39)17-20-84-18-12-16-70(9-2,63(72)84)65(104)73(64,109)66(105)80-81-68(107)112-21-22-113-114-33-43(62(102)103)78-61(101)52(56(97)54(95)48(91)32-87)79-59(99)41(24-45(88)46(89)30-85)76-58(98)42(25-50(92)93)77-60(100)51(74)55(96)53(94)47(90)31-86/h10-14,16,23,26,35,41-43,45-48,51-56,63-65,75,85-91,94-97,104,108-109H,8-9,15,17-22,24-25,27-34,74H2,1-7H3,(H,76,98)(H,77,100)(H,78,101)(H,79,99)(H,80,105)(H,81,107)(H,92,93)(H,102,103)/t35-,41+,42+,43+,45+,46-,47-,48-,51?,52?,53-,54-,55-,56?,63+,64-,65-,69-,70-,71+,72-,73+/m1/s1. The average Bonchev–Trinajstić information content (AvgIpc) is 1.47. The van der Waals surface area contributed by atoms with Crippen LogP contribution in [-0.2, 0) is 71.5 Å². The van der Waals surface area contributed by atoms with Crippen LogP contribution in [-0.4, -0.2) is 351 Å². The van der Waals surface area contributed by atoms with Crippen molar-refractivity contribution < 1.29 is 139 Å². The number of rotatable bonds is 36. The van der Waals surface area contributed by atoms with E-state index < -0.39 is 223 Å². The summed E-state index contributed by atoms with van der Waals surface area (Å²) in [6, 6.07) is -1.51. The van der Waals surface area contributed by atoms with Crippen LogP contribution in [0.1, 0.15) is 88.1 Å². The zero-order valence-electron chi connectivity index (χ0n) is 64.2. The van der Waals surface area contributed by atoms with Crippen LogP contribution in [0, 0.1) is 11.3 Å². The number of carboxylic acid groups (broad SMARTS) is 2. The summed E-state index contributed by atoms with van der Waals surface area (Å²) < 4.78 is 17.5. The lowest BCUT2D eigenvalue weighted by atomic mass is 9.47. The second-order valence-corrected chi connectivity index (χ2v) is 32.9. The molecule has 25 N–H and O–H groups in total. The summed E-state index contributed by atoms with van der Waals surface area (Å²) in [7, 11) is 8.16. The monoisotopic (exact) mass is 1650 g/mol. The minimum absolute atomic E-state index is 0.0316. The highest BCUT2D eigenvalue weighted by molar-refractivity contribution is 8.76. The van der Waals surface area contributed by atoms with Gasteiger partial charge in [-0.25, -0.2) is 15.0 Å². The molecule has 2 fully saturated rings. The van der Waals surface area contributed by atoms with E-state index in [1.165, 1.54) is 14.2 Å². The molecule has 3 aromatic rings. The molecule has 8 rings (SSSR count). The van der Waals surface area contributed by atoms with Crippen molar-refractivity contribution in [1.82, 2.24) is 46.9 Å². The number of nitrogens with two attached hydrogens (primary N) is 1. The molecule has 41 heteroatoms. The van der Waals surface area contributed by atoms with E-state index in [1.807, 2.05) is 97.6 Å². The zero-order chi connectivity index (χ0) is 84.4. The van der Waals surface area contributed by atoms with Gasteiger partial charge in [-0.05, 0) is 93.3 Å². The minimum atomic E-state index is -2.73. The number of ether oxygens (including phenoxy) is 3. The molecule has 5 heterocycles. The Morgan fingerprint density at radius 3 is 2.00 bits per heavy atom. The van der Waals surface area contributed by atoms with Gasteiger partial charge in [0.15, 0.2) is 5.60 Å². The van der Waals surface area contributed by atoms with Crippen LogP contribution < -0.4 is 47.5 Å². The van der Waals surface area contributed by atoms with Crippen molar-refractivity contribution in [3.8, 4) is 5.75 Å². The lowest BCUT2D eigenvalue weighted by molar-refractivity contribution is -0.204. The fraction of sp³-hybridized carbons (Fsp3) is 0.658. The molecule has 6 amide bonds. The third-order valence-corrected chi connectivity index (χ3v) is 25.4. The van der Waals surface area contributed by atoms with Crippen molar-refractivity contribution in [3.63, 3.8) is 0 Å². The van der Waals surface area contributed by atoms with Crippen LogP contribution >= 0.6 is 21.6 Å². The normalized spacial score (nSPS) is 27.5. The first kappa shape index (κ1) is 91.9. The molecular weight excluding hydrogens is 1540 g/mol. The highest BCUT2D eigenvalue weighted by Crippen LogP contribution is 2.67. The van der Waals surface area contributed by atoms with Crippen LogP contribution in [0.3, 0.4) is 0 Å². The maximum Gasteiger partial charge on any atom is 0.426 e. The third-order valence-electron chi connectivity index (χ3n) is 23.0. The van der Waals surface area contributed by atoms with E-state index >= 15 is 9.59 Å². The number of hydrogen-bond donors (Lipinski definition) is 24. The summed E-state index contributed by atoms with van der Waals surface area (Å²) in [5.41, 5.74) is 6.72. The number of benzene rings is 2. The summed E-state index contributed by atoms with van der Waals surface area (Å²) in [6.07, 6.45) is -18.0. The van der Waals surface area contributed by atoms with E-state index in [2.05, 4.69) is 25.6 Å². The third kappa shape index (κ3) is 18.8. The molecule has 5 aliphatic rings. The molecule has 4 aliphatic heterocycles. The Labute approximate surface area is 663 Å². The number of carbonyl (C=O) groups is 9. The molecule has 1 aromatic heterocycles. The number of carboxylic acids is 2. The van der Waals surface area contributed by atoms with Gasteiger partial charge in [0.1, 0.15) is 96.8 Å². The van der Waals surface area contributed by atoms with Gasteiger partial charge < -0.3 is 138 Å². The number of para-hydroxylation sites is 1. The Morgan fingerprint density at radius 1 is 0.737 bits per heavy atom. The molecule has 1 aliphatic carbocycles. The number of likely N-dealkylation sites (N-methyl/N-ethyl adjacent to an activating group) is 2. The van der Waals surface area contributed by atoms with Crippen molar-refractivity contribution in [3.05, 3.63) is 70.9 Å². The number of β-amino-alcohol motifs (C(OH)–C–C–N with tert-alkyl or cyclic N) is 1. The van der Waals surface area contributed by atoms with Gasteiger partial charge in [0.25, 0.3) is 5.91 Å². The number of aromatic amines is 1. The minimum Gasteiger partial charge on any atom is -0.496 e. The number of H-pyrrole nitrogens is 1. The molecule has 2 aromatic carbocycles. The van der Waals surface area contributed by atoms with Crippen LogP contribution in [0.15, 0.2) is 48.6 Å². The maximum absolute atomic E-state index is 15.3. The number of aliphatic carboxylic acids is 2. The van der Waals surface area contributed by atoms with Crippen LogP contribution in [0.2, 0.25) is 0 Å². The smallest absolute Gasteiger partial charge is 0.426 e.